The van der Waals surface area contributed by atoms with Crippen LogP contribution in [-0.2, 0) is 0 Å². The summed E-state index contributed by atoms with van der Waals surface area (Å²) in [7, 11) is 0. The molecule has 0 aliphatic heterocycles. The Morgan fingerprint density at radius 3 is 1.67 bits per heavy atom. The molecule has 0 aliphatic carbocycles. The summed E-state index contributed by atoms with van der Waals surface area (Å²) in [6, 6.07) is 2.97. The standard InChI is InChI=1S/C13H22N4O4/c14-1-4-19-10-7-9(13(17)18)8-11(20-5-2-15)12(10)21-6-3-16/h7-8H,1-6,14-16H2,(H2,17,18). The first-order chi connectivity index (χ1) is 10.1. The van der Waals surface area contributed by atoms with Gasteiger partial charge in [0.15, 0.2) is 11.5 Å². The van der Waals surface area contributed by atoms with Crippen molar-refractivity contribution in [1.82, 2.24) is 0 Å². The van der Waals surface area contributed by atoms with Crippen LogP contribution in [0, 0.1) is 0 Å². The zero-order valence-corrected chi connectivity index (χ0v) is 11.8. The van der Waals surface area contributed by atoms with Crippen molar-refractivity contribution in [2.45, 2.75) is 0 Å². The van der Waals surface area contributed by atoms with Crippen LogP contribution >= 0.6 is 0 Å². The lowest BCUT2D eigenvalue weighted by Gasteiger charge is -2.17. The molecule has 8 N–H and O–H groups in total. The molecule has 21 heavy (non-hydrogen) atoms. The van der Waals surface area contributed by atoms with Crippen molar-refractivity contribution < 1.29 is 19.0 Å². The fourth-order valence-corrected chi connectivity index (χ4v) is 1.57. The SMILES string of the molecule is NCCOc1cc(C(N)=O)cc(OCCN)c1OCCN. The third-order valence-corrected chi connectivity index (χ3v) is 2.42. The first-order valence-corrected chi connectivity index (χ1v) is 6.60. The Morgan fingerprint density at radius 2 is 1.29 bits per heavy atom. The lowest BCUT2D eigenvalue weighted by atomic mass is 10.1. The van der Waals surface area contributed by atoms with Crippen LogP contribution in [0.4, 0.5) is 0 Å². The first-order valence-electron chi connectivity index (χ1n) is 6.60. The number of primary amides is 1. The average Bonchev–Trinajstić information content (AvgIpc) is 2.48. The minimum Gasteiger partial charge on any atom is -0.488 e. The van der Waals surface area contributed by atoms with Gasteiger partial charge in [0.25, 0.3) is 0 Å². The maximum atomic E-state index is 11.4. The van der Waals surface area contributed by atoms with Crippen LogP contribution in [0.25, 0.3) is 0 Å². The van der Waals surface area contributed by atoms with Crippen LogP contribution in [0.5, 0.6) is 17.2 Å². The summed E-state index contributed by atoms with van der Waals surface area (Å²) in [5.41, 5.74) is 21.8. The van der Waals surface area contributed by atoms with Gasteiger partial charge in [-0.2, -0.15) is 0 Å². The second kappa shape index (κ2) is 9.01. The smallest absolute Gasteiger partial charge is 0.248 e. The topological polar surface area (TPSA) is 149 Å². The lowest BCUT2D eigenvalue weighted by molar-refractivity contribution is 0.0999. The fourth-order valence-electron chi connectivity index (χ4n) is 1.57. The number of benzene rings is 1. The highest BCUT2D eigenvalue weighted by atomic mass is 16.5. The van der Waals surface area contributed by atoms with E-state index in [1.54, 1.807) is 0 Å². The molecule has 0 spiro atoms. The van der Waals surface area contributed by atoms with Crippen molar-refractivity contribution in [3.8, 4) is 17.2 Å². The molecule has 1 amide bonds. The number of carbonyl (C=O) groups excluding carboxylic acids is 1. The summed E-state index contributed by atoms with van der Waals surface area (Å²) < 4.78 is 16.5. The van der Waals surface area contributed by atoms with Crippen LogP contribution in [0.2, 0.25) is 0 Å². The maximum Gasteiger partial charge on any atom is 0.248 e. The Morgan fingerprint density at radius 1 is 0.857 bits per heavy atom. The quantitative estimate of drug-likeness (QED) is 0.423. The van der Waals surface area contributed by atoms with E-state index in [0.717, 1.165) is 0 Å². The van der Waals surface area contributed by atoms with Gasteiger partial charge < -0.3 is 37.1 Å². The van der Waals surface area contributed by atoms with Gasteiger partial charge in [0.05, 0.1) is 0 Å². The molecule has 0 aliphatic rings. The summed E-state index contributed by atoms with van der Waals surface area (Å²) >= 11 is 0. The highest BCUT2D eigenvalue weighted by Crippen LogP contribution is 2.38. The highest BCUT2D eigenvalue weighted by molar-refractivity contribution is 5.94. The van der Waals surface area contributed by atoms with Gasteiger partial charge in [-0.05, 0) is 12.1 Å². The average molecular weight is 298 g/mol. The van der Waals surface area contributed by atoms with Crippen LogP contribution in [-0.4, -0.2) is 45.4 Å². The summed E-state index contributed by atoms with van der Waals surface area (Å²) in [5.74, 6) is 0.414. The zero-order chi connectivity index (χ0) is 15.7. The number of ether oxygens (including phenoxy) is 3. The molecule has 8 nitrogen and oxygen atoms in total. The van der Waals surface area contributed by atoms with Crippen molar-refractivity contribution in [2.75, 3.05) is 39.5 Å². The highest BCUT2D eigenvalue weighted by Gasteiger charge is 2.17. The van der Waals surface area contributed by atoms with Gasteiger partial charge in [0, 0.05) is 25.2 Å². The molecular weight excluding hydrogens is 276 g/mol. The largest absolute Gasteiger partial charge is 0.488 e. The molecule has 1 aromatic rings. The van der Waals surface area contributed by atoms with E-state index in [1.807, 2.05) is 0 Å². The van der Waals surface area contributed by atoms with E-state index in [4.69, 9.17) is 37.1 Å². The van der Waals surface area contributed by atoms with E-state index < -0.39 is 5.91 Å². The van der Waals surface area contributed by atoms with E-state index in [0.29, 0.717) is 36.9 Å². The second-order valence-electron chi connectivity index (χ2n) is 4.08. The van der Waals surface area contributed by atoms with Crippen LogP contribution in [0.3, 0.4) is 0 Å². The minimum absolute atomic E-state index is 0.245. The molecule has 8 heteroatoms. The molecule has 0 saturated carbocycles. The molecule has 0 atom stereocenters. The van der Waals surface area contributed by atoms with E-state index in [1.165, 1.54) is 12.1 Å². The molecule has 0 bridgehead atoms. The first kappa shape index (κ1) is 17.0. The van der Waals surface area contributed by atoms with Gasteiger partial charge in [-0.3, -0.25) is 4.79 Å². The molecule has 0 heterocycles. The summed E-state index contributed by atoms with van der Waals surface area (Å²) in [6.07, 6.45) is 0. The van der Waals surface area contributed by atoms with Crippen LogP contribution < -0.4 is 37.1 Å². The van der Waals surface area contributed by atoms with E-state index in [2.05, 4.69) is 0 Å². The van der Waals surface area contributed by atoms with Crippen molar-refractivity contribution in [3.63, 3.8) is 0 Å². The molecule has 118 valence electrons. The molecule has 0 fully saturated rings. The van der Waals surface area contributed by atoms with Crippen molar-refractivity contribution in [3.05, 3.63) is 17.7 Å². The molecule has 1 aromatic carbocycles. The molecule has 0 radical (unpaired) electrons. The Hall–Kier alpha value is -2.03. The van der Waals surface area contributed by atoms with Gasteiger partial charge >= 0.3 is 0 Å². The lowest BCUT2D eigenvalue weighted by Crippen LogP contribution is -2.17. The normalized spacial score (nSPS) is 10.2. The third kappa shape index (κ3) is 5.10. The van der Waals surface area contributed by atoms with Gasteiger partial charge in [-0.1, -0.05) is 0 Å². The number of carbonyl (C=O) groups is 1. The van der Waals surface area contributed by atoms with Crippen molar-refractivity contribution in [2.24, 2.45) is 22.9 Å². The van der Waals surface area contributed by atoms with E-state index in [-0.39, 0.29) is 25.4 Å². The van der Waals surface area contributed by atoms with Gasteiger partial charge in [0.1, 0.15) is 19.8 Å². The molecule has 0 saturated heterocycles. The predicted octanol–water partition coefficient (Wildman–Crippen LogP) is -1.20. The van der Waals surface area contributed by atoms with Crippen LogP contribution in [0.1, 0.15) is 10.4 Å². The molecule has 1 rings (SSSR count). The van der Waals surface area contributed by atoms with Gasteiger partial charge in [-0.15, -0.1) is 0 Å². The summed E-state index contributed by atoms with van der Waals surface area (Å²) in [4.78, 5) is 11.4. The van der Waals surface area contributed by atoms with Crippen LogP contribution in [0.15, 0.2) is 12.1 Å². The van der Waals surface area contributed by atoms with Crippen molar-refractivity contribution in [1.29, 1.82) is 0 Å². The molecule has 0 unspecified atom stereocenters. The third-order valence-electron chi connectivity index (χ3n) is 2.42. The number of amides is 1. The number of rotatable bonds is 10. The second-order valence-corrected chi connectivity index (χ2v) is 4.08. The zero-order valence-electron chi connectivity index (χ0n) is 11.8. The van der Waals surface area contributed by atoms with Crippen molar-refractivity contribution >= 4 is 5.91 Å². The fraction of sp³-hybridized carbons (Fsp3) is 0.462. The number of nitrogens with two attached hydrogens (primary N) is 4. The summed E-state index contributed by atoms with van der Waals surface area (Å²) in [5, 5.41) is 0. The molecular formula is C13H22N4O4. The Bertz CT molecular complexity index is 438. The number of hydrogen-bond donors (Lipinski definition) is 4. The van der Waals surface area contributed by atoms with Gasteiger partial charge in [-0.25, -0.2) is 0 Å². The minimum atomic E-state index is -0.601. The van der Waals surface area contributed by atoms with Gasteiger partial charge in [0.2, 0.25) is 11.7 Å². The molecule has 0 aromatic heterocycles. The van der Waals surface area contributed by atoms with E-state index in [9.17, 15) is 4.79 Å². The monoisotopic (exact) mass is 298 g/mol. The Balaban J connectivity index is 3.18. The Labute approximate surface area is 123 Å². The predicted molar refractivity (Wildman–Crippen MR) is 78.6 cm³/mol. The Kier molecular flexibility index (Phi) is 7.30. The van der Waals surface area contributed by atoms with E-state index >= 15 is 0 Å². The maximum absolute atomic E-state index is 11.4. The number of hydrogen-bond acceptors (Lipinski definition) is 7. The summed E-state index contributed by atoms with van der Waals surface area (Å²) in [6.45, 7) is 1.75.